The van der Waals surface area contributed by atoms with E-state index >= 15 is 0 Å². The quantitative estimate of drug-likeness (QED) is 0.368. The Labute approximate surface area is 195 Å². The maximum absolute atomic E-state index is 12.4. The minimum atomic E-state index is -0.608. The Hall–Kier alpha value is -3.50. The van der Waals surface area contributed by atoms with Gasteiger partial charge >= 0.3 is 12.1 Å². The first kappa shape index (κ1) is 24.1. The number of ether oxygens (including phenoxy) is 1. The largest absolute Gasteiger partial charge is 0.444 e. The minimum absolute atomic E-state index is 0.218. The van der Waals surface area contributed by atoms with Crippen molar-refractivity contribution < 1.29 is 23.8 Å². The molecule has 0 unspecified atom stereocenters. The van der Waals surface area contributed by atoms with Gasteiger partial charge in [-0.2, -0.15) is 11.8 Å². The number of hydrogen-bond donors (Lipinski definition) is 4. The number of hydrogen-bond acceptors (Lipinski definition) is 7. The number of benzene rings is 2. The molecule has 0 fully saturated rings. The van der Waals surface area contributed by atoms with Crippen molar-refractivity contribution in [3.63, 3.8) is 0 Å². The number of rotatable bonds is 9. The van der Waals surface area contributed by atoms with Gasteiger partial charge in [0.1, 0.15) is 6.10 Å². The van der Waals surface area contributed by atoms with Crippen LogP contribution >= 0.6 is 11.8 Å². The lowest BCUT2D eigenvalue weighted by Gasteiger charge is -2.15. The predicted molar refractivity (Wildman–Crippen MR) is 128 cm³/mol. The van der Waals surface area contributed by atoms with E-state index in [2.05, 4.69) is 20.9 Å². The van der Waals surface area contributed by atoms with Crippen LogP contribution in [0, 0.1) is 6.92 Å². The summed E-state index contributed by atoms with van der Waals surface area (Å²) in [5.74, 6) is 1.18. The van der Waals surface area contributed by atoms with Crippen molar-refractivity contribution in [1.29, 1.82) is 0 Å². The molecule has 174 valence electrons. The van der Waals surface area contributed by atoms with E-state index in [0.717, 1.165) is 16.7 Å². The van der Waals surface area contributed by atoms with Gasteiger partial charge in [-0.3, -0.25) is 0 Å². The second kappa shape index (κ2) is 11.9. The SMILES string of the molecule is CSC[C@@H](CO)OC(=O)NCc1cccc(NC(=O)Nc2ccc(-c3cnco3)c(C)c2)c1. The minimum Gasteiger partial charge on any atom is -0.444 e. The molecule has 0 bridgehead atoms. The second-order valence-corrected chi connectivity index (χ2v) is 8.10. The number of anilines is 2. The zero-order valence-corrected chi connectivity index (χ0v) is 19.1. The lowest BCUT2D eigenvalue weighted by atomic mass is 10.1. The molecule has 0 spiro atoms. The fourth-order valence-corrected chi connectivity index (χ4v) is 3.64. The van der Waals surface area contributed by atoms with Crippen LogP contribution in [0.5, 0.6) is 0 Å². The van der Waals surface area contributed by atoms with Gasteiger partial charge in [0.05, 0.1) is 12.8 Å². The number of carbonyl (C=O) groups is 2. The van der Waals surface area contributed by atoms with Gasteiger partial charge in [0.2, 0.25) is 0 Å². The molecule has 2 aromatic carbocycles. The summed E-state index contributed by atoms with van der Waals surface area (Å²) in [5.41, 5.74) is 3.83. The van der Waals surface area contributed by atoms with Gasteiger partial charge in [-0.1, -0.05) is 12.1 Å². The highest BCUT2D eigenvalue weighted by molar-refractivity contribution is 7.98. The number of urea groups is 1. The van der Waals surface area contributed by atoms with Crippen LogP contribution in [-0.2, 0) is 11.3 Å². The zero-order chi connectivity index (χ0) is 23.6. The number of aliphatic hydroxyl groups excluding tert-OH is 1. The number of aliphatic hydroxyl groups is 1. The van der Waals surface area contributed by atoms with Crippen LogP contribution in [0.25, 0.3) is 11.3 Å². The summed E-state index contributed by atoms with van der Waals surface area (Å²) in [4.78, 5) is 28.3. The molecular formula is C23H26N4O5S. The Morgan fingerprint density at radius 3 is 2.64 bits per heavy atom. The Bertz CT molecular complexity index is 1070. The molecule has 0 saturated heterocycles. The topological polar surface area (TPSA) is 126 Å². The summed E-state index contributed by atoms with van der Waals surface area (Å²) in [7, 11) is 0. The number of aromatic nitrogens is 1. The number of nitrogens with zero attached hydrogens (tertiary/aromatic N) is 1. The molecule has 0 aliphatic heterocycles. The number of amides is 3. The number of aryl methyl sites for hydroxylation is 1. The van der Waals surface area contributed by atoms with Crippen LogP contribution in [0.1, 0.15) is 11.1 Å². The first-order chi connectivity index (χ1) is 16.0. The van der Waals surface area contributed by atoms with Gasteiger partial charge < -0.3 is 30.2 Å². The summed E-state index contributed by atoms with van der Waals surface area (Å²) in [6.07, 6.45) is 3.72. The molecule has 1 aromatic heterocycles. The Morgan fingerprint density at radius 1 is 1.18 bits per heavy atom. The van der Waals surface area contributed by atoms with Gasteiger partial charge in [-0.05, 0) is 54.6 Å². The van der Waals surface area contributed by atoms with Crippen molar-refractivity contribution in [1.82, 2.24) is 10.3 Å². The molecule has 3 aromatic rings. The third kappa shape index (κ3) is 7.26. The van der Waals surface area contributed by atoms with Crippen molar-refractivity contribution in [3.8, 4) is 11.3 Å². The lowest BCUT2D eigenvalue weighted by Crippen LogP contribution is -2.31. The number of carbonyl (C=O) groups excluding carboxylic acids is 2. The summed E-state index contributed by atoms with van der Waals surface area (Å²) >= 11 is 1.48. The van der Waals surface area contributed by atoms with E-state index in [1.807, 2.05) is 31.4 Å². The van der Waals surface area contributed by atoms with Gasteiger partial charge in [-0.15, -0.1) is 0 Å². The maximum atomic E-state index is 12.4. The van der Waals surface area contributed by atoms with Crippen LogP contribution in [0.2, 0.25) is 0 Å². The normalized spacial score (nSPS) is 11.5. The smallest absolute Gasteiger partial charge is 0.407 e. The molecule has 10 heteroatoms. The first-order valence-electron chi connectivity index (χ1n) is 10.2. The van der Waals surface area contributed by atoms with Gasteiger partial charge in [0, 0.05) is 29.2 Å². The molecule has 3 amide bonds. The van der Waals surface area contributed by atoms with Gasteiger partial charge in [0.15, 0.2) is 12.2 Å². The molecule has 0 radical (unpaired) electrons. The monoisotopic (exact) mass is 470 g/mol. The predicted octanol–water partition coefficient (Wildman–Crippen LogP) is 4.24. The van der Waals surface area contributed by atoms with E-state index in [9.17, 15) is 14.7 Å². The van der Waals surface area contributed by atoms with Crippen molar-refractivity contribution >= 4 is 35.3 Å². The highest BCUT2D eigenvalue weighted by Gasteiger charge is 2.13. The van der Waals surface area contributed by atoms with Crippen LogP contribution in [0.15, 0.2) is 59.5 Å². The molecule has 3 rings (SSSR count). The number of nitrogens with one attached hydrogen (secondary N) is 3. The van der Waals surface area contributed by atoms with Crippen LogP contribution < -0.4 is 16.0 Å². The third-order valence-electron chi connectivity index (χ3n) is 4.63. The summed E-state index contributed by atoms with van der Waals surface area (Å²) in [5, 5.41) is 17.4. The van der Waals surface area contributed by atoms with Gasteiger partial charge in [-0.25, -0.2) is 14.6 Å². The van der Waals surface area contributed by atoms with E-state index in [0.29, 0.717) is 22.9 Å². The fraction of sp³-hybridized carbons (Fsp3) is 0.261. The fourth-order valence-electron chi connectivity index (χ4n) is 3.10. The highest BCUT2D eigenvalue weighted by atomic mass is 32.2. The van der Waals surface area contributed by atoms with E-state index < -0.39 is 18.2 Å². The molecule has 4 N–H and O–H groups in total. The number of thioether (sulfide) groups is 1. The van der Waals surface area contributed by atoms with Crippen molar-refractivity contribution in [3.05, 3.63) is 66.2 Å². The molecule has 9 nitrogen and oxygen atoms in total. The number of alkyl carbamates (subject to hydrolysis) is 1. The van der Waals surface area contributed by atoms with Crippen LogP contribution in [-0.4, -0.2) is 46.9 Å². The molecule has 33 heavy (non-hydrogen) atoms. The highest BCUT2D eigenvalue weighted by Crippen LogP contribution is 2.25. The average Bonchev–Trinajstić information content (AvgIpc) is 3.32. The van der Waals surface area contributed by atoms with E-state index in [1.165, 1.54) is 18.2 Å². The third-order valence-corrected chi connectivity index (χ3v) is 5.34. The zero-order valence-electron chi connectivity index (χ0n) is 18.3. The second-order valence-electron chi connectivity index (χ2n) is 7.19. The van der Waals surface area contributed by atoms with E-state index in [1.54, 1.807) is 30.5 Å². The molecule has 1 atom stereocenters. The van der Waals surface area contributed by atoms with Crippen molar-refractivity contribution in [2.45, 2.75) is 19.6 Å². The molecular weight excluding hydrogens is 444 g/mol. The summed E-state index contributed by atoms with van der Waals surface area (Å²) < 4.78 is 10.5. The van der Waals surface area contributed by atoms with Crippen LogP contribution in [0.3, 0.4) is 0 Å². The Kier molecular flexibility index (Phi) is 8.73. The number of oxazole rings is 1. The van der Waals surface area contributed by atoms with Crippen LogP contribution in [0.4, 0.5) is 21.0 Å². The maximum Gasteiger partial charge on any atom is 0.407 e. The van der Waals surface area contributed by atoms with Crippen molar-refractivity contribution in [2.75, 3.05) is 29.2 Å². The molecule has 0 saturated carbocycles. The summed E-state index contributed by atoms with van der Waals surface area (Å²) in [6, 6.07) is 12.2. The van der Waals surface area contributed by atoms with E-state index in [4.69, 9.17) is 9.15 Å². The molecule has 1 heterocycles. The lowest BCUT2D eigenvalue weighted by molar-refractivity contribution is 0.0703. The Balaban J connectivity index is 1.53. The Morgan fingerprint density at radius 2 is 1.97 bits per heavy atom. The average molecular weight is 471 g/mol. The molecule has 0 aliphatic rings. The first-order valence-corrected chi connectivity index (χ1v) is 11.6. The standard InChI is InChI=1S/C23H26N4O5S/c1-15-8-18(6-7-20(15)21-11-24-14-31-21)27-22(29)26-17-5-3-4-16(9-17)10-25-23(30)32-19(12-28)13-33-2/h3-9,11,14,19,28H,10,12-13H2,1-2H3,(H,25,30)(H2,26,27,29)/t19-/m1/s1. The summed E-state index contributed by atoms with van der Waals surface area (Å²) in [6.45, 7) is 1.91. The van der Waals surface area contributed by atoms with E-state index in [-0.39, 0.29) is 13.2 Å². The van der Waals surface area contributed by atoms with Gasteiger partial charge in [0.25, 0.3) is 0 Å². The molecule has 0 aliphatic carbocycles. The van der Waals surface area contributed by atoms with Crippen molar-refractivity contribution in [2.24, 2.45) is 0 Å².